The van der Waals surface area contributed by atoms with Crippen LogP contribution in [0.3, 0.4) is 0 Å². The minimum Gasteiger partial charge on any atom is -0.385 e. The van der Waals surface area contributed by atoms with E-state index in [-0.39, 0.29) is 18.0 Å². The molecule has 0 bridgehead atoms. The predicted octanol–water partition coefficient (Wildman–Crippen LogP) is 0.361. The van der Waals surface area contributed by atoms with Crippen molar-refractivity contribution in [2.45, 2.75) is 38.3 Å². The van der Waals surface area contributed by atoms with Crippen LogP contribution in [-0.4, -0.2) is 43.2 Å². The molecule has 0 saturated carbocycles. The van der Waals surface area contributed by atoms with Crippen molar-refractivity contribution in [3.63, 3.8) is 0 Å². The first kappa shape index (κ1) is 11.5. The molecule has 0 aromatic heterocycles. The van der Waals surface area contributed by atoms with Crippen LogP contribution in [0.5, 0.6) is 0 Å². The summed E-state index contributed by atoms with van der Waals surface area (Å²) < 4.78 is 5.00. The minimum absolute atomic E-state index is 0.0971. The number of ether oxygens (including phenoxy) is 1. The number of rotatable bonds is 4. The highest BCUT2D eigenvalue weighted by molar-refractivity contribution is 5.82. The third kappa shape index (κ3) is 2.69. The molecule has 1 heterocycles. The largest absolute Gasteiger partial charge is 0.385 e. The second kappa shape index (κ2) is 5.32. The van der Waals surface area contributed by atoms with E-state index in [1.807, 2.05) is 4.90 Å². The summed E-state index contributed by atoms with van der Waals surface area (Å²) in [5.41, 5.74) is 5.71. The zero-order chi connectivity index (χ0) is 10.6. The number of methoxy groups -OCH3 is 1. The summed E-state index contributed by atoms with van der Waals surface area (Å²) in [5.74, 6) is 0.0971. The van der Waals surface area contributed by atoms with Crippen LogP contribution in [0.2, 0.25) is 0 Å². The van der Waals surface area contributed by atoms with Gasteiger partial charge in [0.2, 0.25) is 5.91 Å². The summed E-state index contributed by atoms with van der Waals surface area (Å²) in [6, 6.07) is -0.0393. The Morgan fingerprint density at radius 1 is 1.71 bits per heavy atom. The van der Waals surface area contributed by atoms with Gasteiger partial charge in [0.25, 0.3) is 0 Å². The van der Waals surface area contributed by atoms with Crippen LogP contribution in [0.15, 0.2) is 0 Å². The number of carbonyl (C=O) groups excluding carboxylic acids is 1. The molecule has 1 aliphatic rings. The quantitative estimate of drug-likeness (QED) is 0.713. The predicted molar refractivity (Wildman–Crippen MR) is 54.9 cm³/mol. The van der Waals surface area contributed by atoms with Gasteiger partial charge >= 0.3 is 0 Å². The van der Waals surface area contributed by atoms with E-state index < -0.39 is 0 Å². The number of nitrogens with two attached hydrogens (primary N) is 1. The van der Waals surface area contributed by atoms with Crippen molar-refractivity contribution in [3.05, 3.63) is 0 Å². The van der Waals surface area contributed by atoms with Gasteiger partial charge in [0.15, 0.2) is 0 Å². The van der Waals surface area contributed by atoms with Crippen LogP contribution >= 0.6 is 0 Å². The Bertz CT molecular complexity index is 197. The van der Waals surface area contributed by atoms with Crippen molar-refractivity contribution in [2.75, 3.05) is 20.3 Å². The van der Waals surface area contributed by atoms with Gasteiger partial charge in [0.05, 0.1) is 6.04 Å². The number of likely N-dealkylation sites (tertiary alicyclic amines) is 1. The summed E-state index contributed by atoms with van der Waals surface area (Å²) in [5, 5.41) is 0. The second-order valence-electron chi connectivity index (χ2n) is 3.91. The third-order valence-corrected chi connectivity index (χ3v) is 2.79. The van der Waals surface area contributed by atoms with Crippen LogP contribution < -0.4 is 5.73 Å². The van der Waals surface area contributed by atoms with E-state index in [0.29, 0.717) is 6.61 Å². The lowest BCUT2D eigenvalue weighted by molar-refractivity contribution is -0.137. The van der Waals surface area contributed by atoms with E-state index in [0.717, 1.165) is 25.8 Å². The van der Waals surface area contributed by atoms with Gasteiger partial charge in [-0.1, -0.05) is 0 Å². The average Bonchev–Trinajstić information content (AvgIpc) is 2.18. The fraction of sp³-hybridized carbons (Fsp3) is 0.900. The van der Waals surface area contributed by atoms with Crippen LogP contribution in [0.25, 0.3) is 0 Å². The third-order valence-electron chi connectivity index (χ3n) is 2.79. The molecular formula is C10H20N2O2. The lowest BCUT2D eigenvalue weighted by Crippen LogP contribution is -2.51. The van der Waals surface area contributed by atoms with E-state index in [2.05, 4.69) is 6.92 Å². The van der Waals surface area contributed by atoms with E-state index in [1.165, 1.54) is 0 Å². The molecule has 2 N–H and O–H groups in total. The average molecular weight is 200 g/mol. The molecule has 1 fully saturated rings. The van der Waals surface area contributed by atoms with Gasteiger partial charge in [0, 0.05) is 26.3 Å². The van der Waals surface area contributed by atoms with Gasteiger partial charge in [-0.2, -0.15) is 0 Å². The summed E-state index contributed by atoms with van der Waals surface area (Å²) in [4.78, 5) is 13.6. The molecule has 1 amide bonds. The summed E-state index contributed by atoms with van der Waals surface area (Å²) in [7, 11) is 1.68. The molecule has 2 atom stereocenters. The molecule has 0 spiro atoms. The molecule has 1 rings (SSSR count). The number of carbonyl (C=O) groups is 1. The Morgan fingerprint density at radius 3 is 3.07 bits per heavy atom. The van der Waals surface area contributed by atoms with Crippen LogP contribution in [-0.2, 0) is 9.53 Å². The monoisotopic (exact) mass is 200 g/mol. The standard InChI is InChI=1S/C10H20N2O2/c1-8(5-7-14-2)12-6-3-4-9(11)10(12)13/h8-9H,3-7,11H2,1-2H3. The molecule has 2 unspecified atom stereocenters. The SMILES string of the molecule is COCCC(C)N1CCCC(N)C1=O. The van der Waals surface area contributed by atoms with Crippen LogP contribution in [0.1, 0.15) is 26.2 Å². The first-order valence-corrected chi connectivity index (χ1v) is 5.21. The van der Waals surface area contributed by atoms with Crippen molar-refractivity contribution in [3.8, 4) is 0 Å². The summed E-state index contributed by atoms with van der Waals surface area (Å²) >= 11 is 0. The first-order valence-electron chi connectivity index (χ1n) is 5.21. The molecule has 82 valence electrons. The highest BCUT2D eigenvalue weighted by atomic mass is 16.5. The normalized spacial score (nSPS) is 25.2. The topological polar surface area (TPSA) is 55.6 Å². The second-order valence-corrected chi connectivity index (χ2v) is 3.91. The van der Waals surface area contributed by atoms with Crippen molar-refractivity contribution < 1.29 is 9.53 Å². The zero-order valence-electron chi connectivity index (χ0n) is 9.03. The lowest BCUT2D eigenvalue weighted by atomic mass is 10.0. The zero-order valence-corrected chi connectivity index (χ0v) is 9.03. The Kier molecular flexibility index (Phi) is 4.35. The number of hydrogen-bond acceptors (Lipinski definition) is 3. The highest BCUT2D eigenvalue weighted by Gasteiger charge is 2.28. The van der Waals surface area contributed by atoms with Crippen molar-refractivity contribution in [2.24, 2.45) is 5.73 Å². The maximum atomic E-state index is 11.7. The molecule has 1 aliphatic heterocycles. The maximum absolute atomic E-state index is 11.7. The van der Waals surface area contributed by atoms with Gasteiger partial charge in [-0.15, -0.1) is 0 Å². The first-order chi connectivity index (χ1) is 6.66. The molecule has 0 radical (unpaired) electrons. The van der Waals surface area contributed by atoms with E-state index in [4.69, 9.17) is 10.5 Å². The van der Waals surface area contributed by atoms with Crippen LogP contribution in [0, 0.1) is 0 Å². The number of amides is 1. The summed E-state index contributed by atoms with van der Waals surface area (Å²) in [6.07, 6.45) is 2.73. The van der Waals surface area contributed by atoms with E-state index >= 15 is 0 Å². The van der Waals surface area contributed by atoms with E-state index in [1.54, 1.807) is 7.11 Å². The molecule has 0 aromatic carbocycles. The fourth-order valence-electron chi connectivity index (χ4n) is 1.81. The van der Waals surface area contributed by atoms with Crippen LogP contribution in [0.4, 0.5) is 0 Å². The molecular weight excluding hydrogens is 180 g/mol. The van der Waals surface area contributed by atoms with Gasteiger partial charge in [0.1, 0.15) is 0 Å². The molecule has 4 heteroatoms. The highest BCUT2D eigenvalue weighted by Crippen LogP contribution is 2.14. The Hall–Kier alpha value is -0.610. The van der Waals surface area contributed by atoms with Gasteiger partial charge in [-0.3, -0.25) is 4.79 Å². The molecule has 0 aromatic rings. The maximum Gasteiger partial charge on any atom is 0.239 e. The Balaban J connectivity index is 2.44. The molecule has 0 aliphatic carbocycles. The van der Waals surface area contributed by atoms with Gasteiger partial charge < -0.3 is 15.4 Å². The molecule has 1 saturated heterocycles. The lowest BCUT2D eigenvalue weighted by Gasteiger charge is -2.35. The van der Waals surface area contributed by atoms with Gasteiger partial charge in [-0.25, -0.2) is 0 Å². The number of nitrogens with zero attached hydrogens (tertiary/aromatic N) is 1. The Morgan fingerprint density at radius 2 is 2.43 bits per heavy atom. The molecule has 14 heavy (non-hydrogen) atoms. The minimum atomic E-state index is -0.284. The Labute approximate surface area is 85.4 Å². The van der Waals surface area contributed by atoms with E-state index in [9.17, 15) is 4.79 Å². The summed E-state index contributed by atoms with van der Waals surface area (Å²) in [6.45, 7) is 3.59. The van der Waals surface area contributed by atoms with Crippen molar-refractivity contribution >= 4 is 5.91 Å². The number of piperidine rings is 1. The number of hydrogen-bond donors (Lipinski definition) is 1. The van der Waals surface area contributed by atoms with Crippen molar-refractivity contribution in [1.29, 1.82) is 0 Å². The molecule has 4 nitrogen and oxygen atoms in total. The fourth-order valence-corrected chi connectivity index (χ4v) is 1.81. The smallest absolute Gasteiger partial charge is 0.239 e. The van der Waals surface area contributed by atoms with Crippen molar-refractivity contribution in [1.82, 2.24) is 4.90 Å². The van der Waals surface area contributed by atoms with Gasteiger partial charge in [-0.05, 0) is 26.2 Å².